The number of ether oxygens (including phenoxy) is 1. The van der Waals surface area contributed by atoms with Gasteiger partial charge in [-0.05, 0) is 58.2 Å². The highest BCUT2D eigenvalue weighted by molar-refractivity contribution is 5.70. The van der Waals surface area contributed by atoms with Gasteiger partial charge in [0.25, 0.3) is 0 Å². The van der Waals surface area contributed by atoms with Crippen LogP contribution >= 0.6 is 0 Å². The van der Waals surface area contributed by atoms with Crippen LogP contribution in [0.5, 0.6) is 0 Å². The number of hydrogen-bond acceptors (Lipinski definition) is 7. The second-order valence-corrected chi connectivity index (χ2v) is 12.4. The van der Waals surface area contributed by atoms with Gasteiger partial charge in [-0.3, -0.25) is 14.7 Å². The molecule has 1 saturated heterocycles. The molecule has 1 fully saturated rings. The number of carbonyl (C=O) groups excluding carboxylic acids is 1. The van der Waals surface area contributed by atoms with E-state index in [1.54, 1.807) is 13.1 Å². The number of carbonyl (C=O) groups is 2. The molecular weight excluding hydrogens is 534 g/mol. The Balaban J connectivity index is 1.94. The number of nitrogens with zero attached hydrogens (tertiary/aromatic N) is 3. The van der Waals surface area contributed by atoms with Gasteiger partial charge in [-0.15, -0.1) is 0 Å². The lowest BCUT2D eigenvalue weighted by atomic mass is 9.77. The molecular formula is C33H49N3O6. The second kappa shape index (κ2) is 14.9. The summed E-state index contributed by atoms with van der Waals surface area (Å²) in [5.41, 5.74) is 0.467. The van der Waals surface area contributed by atoms with E-state index in [2.05, 4.69) is 30.7 Å². The van der Waals surface area contributed by atoms with Gasteiger partial charge in [0.2, 0.25) is 0 Å². The van der Waals surface area contributed by atoms with Gasteiger partial charge in [-0.25, -0.2) is 4.79 Å². The summed E-state index contributed by atoms with van der Waals surface area (Å²) in [7, 11) is 0. The standard InChI is InChI=1S/C33H49N3O6/c1-22(2)35-18-19-36(32(39)40)29(21-35)27-14-13-25(5)31(42-30(38)20-26(37)15-16-33(27,6)41)24(4)11-9-10-23(3)28-12-7-8-17-34-28/h7-14,17,22-23,25-27,29,31,37,41H,15-16,18-21H2,1-6H3,(H,39,40)/b10-9+,14-13+,24-11+/t23-,25-,26+,27+,29?,31+,33-/m1/s1. The lowest BCUT2D eigenvalue weighted by Gasteiger charge is -2.48. The minimum atomic E-state index is -1.32. The normalized spacial score (nSPS) is 32.2. The van der Waals surface area contributed by atoms with Crippen molar-refractivity contribution in [1.82, 2.24) is 14.8 Å². The molecule has 0 aromatic carbocycles. The Morgan fingerprint density at radius 2 is 1.95 bits per heavy atom. The predicted molar refractivity (Wildman–Crippen MR) is 163 cm³/mol. The summed E-state index contributed by atoms with van der Waals surface area (Å²) in [6.45, 7) is 13.2. The van der Waals surface area contributed by atoms with Crippen molar-refractivity contribution in [3.8, 4) is 0 Å². The maximum Gasteiger partial charge on any atom is 0.407 e. The van der Waals surface area contributed by atoms with Crippen molar-refractivity contribution >= 4 is 12.1 Å². The van der Waals surface area contributed by atoms with Crippen LogP contribution in [0.2, 0.25) is 0 Å². The highest BCUT2D eigenvalue weighted by atomic mass is 16.5. The maximum absolute atomic E-state index is 12.8. The molecule has 7 atom stereocenters. The summed E-state index contributed by atoms with van der Waals surface area (Å²) in [6, 6.07) is 5.56. The summed E-state index contributed by atoms with van der Waals surface area (Å²) < 4.78 is 5.91. The van der Waals surface area contributed by atoms with Crippen LogP contribution in [0.3, 0.4) is 0 Å². The topological polar surface area (TPSA) is 123 Å². The van der Waals surface area contributed by atoms with E-state index in [1.807, 2.05) is 62.4 Å². The number of aliphatic hydroxyl groups is 2. The highest BCUT2D eigenvalue weighted by Crippen LogP contribution is 2.34. The third-order valence-electron chi connectivity index (χ3n) is 8.66. The minimum Gasteiger partial charge on any atom is -0.465 e. The maximum atomic E-state index is 12.8. The quantitative estimate of drug-likeness (QED) is 0.249. The summed E-state index contributed by atoms with van der Waals surface area (Å²) in [5.74, 6) is -1.21. The molecule has 0 radical (unpaired) electrons. The molecule has 2 aliphatic rings. The summed E-state index contributed by atoms with van der Waals surface area (Å²) in [4.78, 5) is 33.2. The molecule has 1 aromatic heterocycles. The average Bonchev–Trinajstić information content (AvgIpc) is 2.94. The van der Waals surface area contributed by atoms with Gasteiger partial charge in [-0.1, -0.05) is 50.3 Å². The Morgan fingerprint density at radius 1 is 1.21 bits per heavy atom. The van der Waals surface area contributed by atoms with E-state index in [4.69, 9.17) is 4.74 Å². The number of amides is 1. The van der Waals surface area contributed by atoms with Crippen LogP contribution < -0.4 is 0 Å². The molecule has 9 nitrogen and oxygen atoms in total. The Morgan fingerprint density at radius 3 is 2.60 bits per heavy atom. The lowest BCUT2D eigenvalue weighted by Crippen LogP contribution is -2.61. The van der Waals surface area contributed by atoms with Gasteiger partial charge >= 0.3 is 12.1 Å². The summed E-state index contributed by atoms with van der Waals surface area (Å²) in [5, 5.41) is 32.5. The van der Waals surface area contributed by atoms with Crippen molar-refractivity contribution in [2.45, 2.75) is 96.6 Å². The molecule has 1 amide bonds. The van der Waals surface area contributed by atoms with Crippen molar-refractivity contribution in [3.05, 3.63) is 66.0 Å². The van der Waals surface area contributed by atoms with Crippen LogP contribution in [0.1, 0.15) is 72.4 Å². The van der Waals surface area contributed by atoms with Gasteiger partial charge < -0.3 is 25.0 Å². The minimum absolute atomic E-state index is 0.0997. The zero-order valence-corrected chi connectivity index (χ0v) is 25.9. The van der Waals surface area contributed by atoms with Crippen LogP contribution in [0, 0.1) is 11.8 Å². The van der Waals surface area contributed by atoms with E-state index in [0.717, 1.165) is 11.3 Å². The van der Waals surface area contributed by atoms with E-state index in [1.165, 1.54) is 4.90 Å². The van der Waals surface area contributed by atoms with Crippen molar-refractivity contribution in [2.75, 3.05) is 19.6 Å². The number of hydrogen-bond donors (Lipinski definition) is 3. The molecule has 1 aromatic rings. The van der Waals surface area contributed by atoms with E-state index in [9.17, 15) is 24.9 Å². The molecule has 1 unspecified atom stereocenters. The van der Waals surface area contributed by atoms with Crippen LogP contribution in [-0.2, 0) is 9.53 Å². The smallest absolute Gasteiger partial charge is 0.407 e. The van der Waals surface area contributed by atoms with Crippen LogP contribution in [0.4, 0.5) is 4.79 Å². The van der Waals surface area contributed by atoms with Crippen molar-refractivity contribution < 1.29 is 29.6 Å². The SMILES string of the molecule is C/C(=C\C=C\[C@@H](C)c1ccccn1)[C@@H]1OC(=O)C[C@@H](O)CC[C@@](C)(O)[C@H](C2CN(C(C)C)CCN2C(=O)O)/C=C/[C@H]1C. The number of rotatable bonds is 6. The molecule has 3 heterocycles. The van der Waals surface area contributed by atoms with Crippen LogP contribution in [0.15, 0.2) is 60.3 Å². The Labute approximate surface area is 250 Å². The molecule has 0 aliphatic carbocycles. The monoisotopic (exact) mass is 583 g/mol. The van der Waals surface area contributed by atoms with Crippen LogP contribution in [-0.4, -0.2) is 91.7 Å². The number of esters is 1. The number of piperazine rings is 1. The fourth-order valence-electron chi connectivity index (χ4n) is 5.93. The summed E-state index contributed by atoms with van der Waals surface area (Å²) in [6.07, 6.45) is 9.10. The van der Waals surface area contributed by atoms with E-state index in [-0.39, 0.29) is 37.1 Å². The molecule has 0 bridgehead atoms. The van der Waals surface area contributed by atoms with Crippen molar-refractivity contribution in [1.29, 1.82) is 0 Å². The largest absolute Gasteiger partial charge is 0.465 e. The molecule has 3 rings (SSSR count). The zero-order valence-electron chi connectivity index (χ0n) is 25.9. The molecule has 0 saturated carbocycles. The van der Waals surface area contributed by atoms with Crippen LogP contribution in [0.25, 0.3) is 0 Å². The van der Waals surface area contributed by atoms with Gasteiger partial charge in [0.1, 0.15) is 6.10 Å². The number of allylic oxidation sites excluding steroid dienone is 3. The Bertz CT molecular complexity index is 1130. The number of pyridine rings is 1. The number of aliphatic hydroxyl groups excluding tert-OH is 1. The van der Waals surface area contributed by atoms with Crippen molar-refractivity contribution in [3.63, 3.8) is 0 Å². The molecule has 0 spiro atoms. The fraction of sp³-hybridized carbons (Fsp3) is 0.606. The zero-order chi connectivity index (χ0) is 31.0. The molecule has 232 valence electrons. The van der Waals surface area contributed by atoms with E-state index >= 15 is 0 Å². The average molecular weight is 584 g/mol. The van der Waals surface area contributed by atoms with Gasteiger partial charge in [0.15, 0.2) is 0 Å². The number of aromatic nitrogens is 1. The van der Waals surface area contributed by atoms with Gasteiger partial charge in [0, 0.05) is 55.3 Å². The first kappa shape index (κ1) is 33.5. The summed E-state index contributed by atoms with van der Waals surface area (Å²) >= 11 is 0. The van der Waals surface area contributed by atoms with Gasteiger partial charge in [0.05, 0.1) is 24.2 Å². The second-order valence-electron chi connectivity index (χ2n) is 12.4. The Hall–Kier alpha value is -3.01. The third kappa shape index (κ3) is 8.99. The number of carboxylic acid groups (broad SMARTS) is 1. The molecule has 42 heavy (non-hydrogen) atoms. The fourth-order valence-corrected chi connectivity index (χ4v) is 5.93. The van der Waals surface area contributed by atoms with E-state index in [0.29, 0.717) is 19.6 Å². The molecule has 2 aliphatic heterocycles. The highest BCUT2D eigenvalue weighted by Gasteiger charge is 2.44. The third-order valence-corrected chi connectivity index (χ3v) is 8.66. The first-order chi connectivity index (χ1) is 19.8. The van der Waals surface area contributed by atoms with Crippen molar-refractivity contribution in [2.24, 2.45) is 11.8 Å². The molecule has 9 heteroatoms. The first-order valence-corrected chi connectivity index (χ1v) is 15.1. The molecule has 3 N–H and O–H groups in total. The number of cyclic esters (lactones) is 1. The first-order valence-electron chi connectivity index (χ1n) is 15.1. The Kier molecular flexibility index (Phi) is 11.9. The van der Waals surface area contributed by atoms with E-state index < -0.39 is 41.8 Å². The lowest BCUT2D eigenvalue weighted by molar-refractivity contribution is -0.151. The van der Waals surface area contributed by atoms with Gasteiger partial charge in [-0.2, -0.15) is 0 Å². The predicted octanol–water partition coefficient (Wildman–Crippen LogP) is 4.78.